The molecule has 0 aliphatic carbocycles. The maximum Gasteiger partial charge on any atom is 0.326 e. The molecule has 9 heteroatoms. The number of aromatic nitrogens is 2. The lowest BCUT2D eigenvalue weighted by Gasteiger charge is -2.33. The first-order valence-corrected chi connectivity index (χ1v) is 13.4. The molecule has 0 radical (unpaired) electrons. The van der Waals surface area contributed by atoms with Crippen molar-refractivity contribution in [2.45, 2.75) is 56.0 Å². The molecule has 2 aromatic carbocycles. The van der Waals surface area contributed by atoms with E-state index in [0.29, 0.717) is 38.0 Å². The average molecular weight is 483 g/mol. The van der Waals surface area contributed by atoms with Gasteiger partial charge in [0.2, 0.25) is 10.0 Å². The number of fused-ring (bicyclic) bond motifs is 1. The van der Waals surface area contributed by atoms with Crippen LogP contribution in [0.15, 0.2) is 58.2 Å². The zero-order valence-electron chi connectivity index (χ0n) is 19.3. The SMILES string of the molecule is CC1CCCCN1S(=O)(=O)c1ccc(C(=O)N2CCC(n3c(=O)[nH]c4ccccc43)CC2)cc1. The average Bonchev–Trinajstić information content (AvgIpc) is 3.19. The molecule has 3 aromatic rings. The summed E-state index contributed by atoms with van der Waals surface area (Å²) in [5.41, 5.74) is 2.07. The summed E-state index contributed by atoms with van der Waals surface area (Å²) in [6.07, 6.45) is 4.17. The van der Waals surface area contributed by atoms with E-state index in [1.165, 1.54) is 0 Å². The summed E-state index contributed by atoms with van der Waals surface area (Å²) in [4.78, 5) is 30.5. The van der Waals surface area contributed by atoms with Gasteiger partial charge in [0, 0.05) is 37.3 Å². The topological polar surface area (TPSA) is 95.5 Å². The highest BCUT2D eigenvalue weighted by Gasteiger charge is 2.31. The molecule has 2 fully saturated rings. The molecular formula is C25H30N4O4S. The van der Waals surface area contributed by atoms with E-state index in [1.54, 1.807) is 38.0 Å². The Morgan fingerprint density at radius 2 is 1.65 bits per heavy atom. The standard InChI is InChI=1S/C25H30N4O4S/c1-18-6-4-5-15-28(18)34(32,33)21-11-9-19(10-12-21)24(30)27-16-13-20(14-17-27)29-23-8-3-2-7-22(23)26-25(29)31/h2-3,7-12,18,20H,4-6,13-17H2,1H3,(H,26,31). The van der Waals surface area contributed by atoms with Crippen molar-refractivity contribution in [3.63, 3.8) is 0 Å². The number of para-hydroxylation sites is 2. The number of rotatable bonds is 4. The fourth-order valence-corrected chi connectivity index (χ4v) is 6.98. The van der Waals surface area contributed by atoms with Crippen LogP contribution in [-0.2, 0) is 10.0 Å². The third-order valence-corrected chi connectivity index (χ3v) is 9.22. The van der Waals surface area contributed by atoms with Gasteiger partial charge in [0.1, 0.15) is 0 Å². The fraction of sp³-hybridized carbons (Fsp3) is 0.440. The summed E-state index contributed by atoms with van der Waals surface area (Å²) in [6.45, 7) is 3.57. The maximum absolute atomic E-state index is 13.1. The van der Waals surface area contributed by atoms with Gasteiger partial charge in [-0.05, 0) is 69.0 Å². The second-order valence-electron chi connectivity index (χ2n) is 9.33. The Kier molecular flexibility index (Phi) is 6.07. The quantitative estimate of drug-likeness (QED) is 0.617. The van der Waals surface area contributed by atoms with E-state index in [-0.39, 0.29) is 28.6 Å². The maximum atomic E-state index is 13.1. The first-order valence-electron chi connectivity index (χ1n) is 12.0. The molecule has 2 aliphatic rings. The summed E-state index contributed by atoms with van der Waals surface area (Å²) in [5.74, 6) is -0.111. The van der Waals surface area contributed by atoms with E-state index < -0.39 is 10.0 Å². The third-order valence-electron chi connectivity index (χ3n) is 7.19. The first kappa shape index (κ1) is 22.9. The number of imidazole rings is 1. The van der Waals surface area contributed by atoms with Crippen molar-refractivity contribution in [1.29, 1.82) is 0 Å². The van der Waals surface area contributed by atoms with E-state index in [9.17, 15) is 18.0 Å². The Hall–Kier alpha value is -2.91. The minimum absolute atomic E-state index is 0.00833. The van der Waals surface area contributed by atoms with Gasteiger partial charge in [-0.2, -0.15) is 4.31 Å². The lowest BCUT2D eigenvalue weighted by molar-refractivity contribution is 0.0695. The molecular weight excluding hydrogens is 452 g/mol. The molecule has 180 valence electrons. The number of sulfonamides is 1. The zero-order valence-corrected chi connectivity index (χ0v) is 20.1. The number of piperidine rings is 2. The number of hydrogen-bond acceptors (Lipinski definition) is 4. The molecule has 0 spiro atoms. The Bertz CT molecular complexity index is 1350. The van der Waals surface area contributed by atoms with Crippen LogP contribution in [0.3, 0.4) is 0 Å². The van der Waals surface area contributed by atoms with Crippen molar-refractivity contribution < 1.29 is 13.2 Å². The summed E-state index contributed by atoms with van der Waals surface area (Å²) in [6, 6.07) is 14.0. The van der Waals surface area contributed by atoms with Gasteiger partial charge in [-0.25, -0.2) is 13.2 Å². The zero-order chi connectivity index (χ0) is 23.9. The van der Waals surface area contributed by atoms with Crippen LogP contribution in [-0.4, -0.2) is 58.8 Å². The summed E-state index contributed by atoms with van der Waals surface area (Å²) < 4.78 is 29.5. The number of nitrogens with one attached hydrogen (secondary N) is 1. The Labute approximate surface area is 199 Å². The van der Waals surface area contributed by atoms with Crippen LogP contribution in [0.4, 0.5) is 0 Å². The van der Waals surface area contributed by atoms with Gasteiger partial charge in [0.15, 0.2) is 0 Å². The number of aromatic amines is 1. The molecule has 8 nitrogen and oxygen atoms in total. The monoisotopic (exact) mass is 482 g/mol. The third kappa shape index (κ3) is 4.07. The number of benzene rings is 2. The van der Waals surface area contributed by atoms with Crippen molar-refractivity contribution in [3.8, 4) is 0 Å². The molecule has 1 aromatic heterocycles. The van der Waals surface area contributed by atoms with Crippen LogP contribution in [0.25, 0.3) is 11.0 Å². The minimum atomic E-state index is -3.56. The molecule has 1 N–H and O–H groups in total. The lowest BCUT2D eigenvalue weighted by atomic mass is 10.0. The molecule has 2 saturated heterocycles. The smallest absolute Gasteiger partial charge is 0.326 e. The van der Waals surface area contributed by atoms with Crippen LogP contribution in [0.5, 0.6) is 0 Å². The number of nitrogens with zero attached hydrogens (tertiary/aromatic N) is 3. The molecule has 2 aliphatic heterocycles. The summed E-state index contributed by atoms with van der Waals surface area (Å²) in [7, 11) is -3.56. The highest BCUT2D eigenvalue weighted by atomic mass is 32.2. The molecule has 3 heterocycles. The van der Waals surface area contributed by atoms with Crippen LogP contribution >= 0.6 is 0 Å². The van der Waals surface area contributed by atoms with Gasteiger partial charge in [-0.1, -0.05) is 18.6 Å². The molecule has 0 saturated carbocycles. The second kappa shape index (κ2) is 9.03. The number of hydrogen-bond donors (Lipinski definition) is 1. The normalized spacial score (nSPS) is 20.6. The molecule has 0 bridgehead atoms. The second-order valence-corrected chi connectivity index (χ2v) is 11.2. The number of H-pyrrole nitrogens is 1. The van der Waals surface area contributed by atoms with Crippen molar-refractivity contribution in [1.82, 2.24) is 18.8 Å². The highest BCUT2D eigenvalue weighted by molar-refractivity contribution is 7.89. The van der Waals surface area contributed by atoms with Gasteiger partial charge in [0.25, 0.3) is 5.91 Å². The van der Waals surface area contributed by atoms with E-state index in [1.807, 2.05) is 31.2 Å². The predicted molar refractivity (Wildman–Crippen MR) is 130 cm³/mol. The summed E-state index contributed by atoms with van der Waals surface area (Å²) >= 11 is 0. The van der Waals surface area contributed by atoms with Gasteiger partial charge < -0.3 is 9.88 Å². The summed E-state index contributed by atoms with van der Waals surface area (Å²) in [5, 5.41) is 0. The Morgan fingerprint density at radius 3 is 2.35 bits per heavy atom. The highest BCUT2D eigenvalue weighted by Crippen LogP contribution is 2.27. The molecule has 34 heavy (non-hydrogen) atoms. The van der Waals surface area contributed by atoms with Gasteiger partial charge in [0.05, 0.1) is 15.9 Å². The van der Waals surface area contributed by atoms with E-state index in [4.69, 9.17) is 0 Å². The molecule has 1 amide bonds. The lowest BCUT2D eigenvalue weighted by Crippen LogP contribution is -2.42. The number of carbonyl (C=O) groups is 1. The fourth-order valence-electron chi connectivity index (χ4n) is 5.28. The Balaban J connectivity index is 1.27. The number of likely N-dealkylation sites (tertiary alicyclic amines) is 1. The van der Waals surface area contributed by atoms with Gasteiger partial charge in [-0.3, -0.25) is 9.36 Å². The molecule has 5 rings (SSSR count). The molecule has 1 unspecified atom stereocenters. The van der Waals surface area contributed by atoms with Crippen molar-refractivity contribution in [3.05, 3.63) is 64.6 Å². The largest absolute Gasteiger partial charge is 0.338 e. The van der Waals surface area contributed by atoms with Crippen LogP contribution in [0.1, 0.15) is 55.4 Å². The van der Waals surface area contributed by atoms with Crippen LogP contribution < -0.4 is 5.69 Å². The van der Waals surface area contributed by atoms with Gasteiger partial charge >= 0.3 is 5.69 Å². The Morgan fingerprint density at radius 1 is 0.941 bits per heavy atom. The van der Waals surface area contributed by atoms with E-state index in [0.717, 1.165) is 30.3 Å². The molecule has 1 atom stereocenters. The predicted octanol–water partition coefficient (Wildman–Crippen LogP) is 3.37. The minimum Gasteiger partial charge on any atom is -0.338 e. The van der Waals surface area contributed by atoms with Crippen LogP contribution in [0.2, 0.25) is 0 Å². The van der Waals surface area contributed by atoms with Gasteiger partial charge in [-0.15, -0.1) is 0 Å². The number of carbonyl (C=O) groups excluding carboxylic acids is 1. The van der Waals surface area contributed by atoms with E-state index in [2.05, 4.69) is 4.98 Å². The first-order chi connectivity index (χ1) is 16.4. The van der Waals surface area contributed by atoms with E-state index >= 15 is 0 Å². The number of amides is 1. The van der Waals surface area contributed by atoms with Crippen LogP contribution in [0, 0.1) is 0 Å². The van der Waals surface area contributed by atoms with Crippen molar-refractivity contribution in [2.75, 3.05) is 19.6 Å². The van der Waals surface area contributed by atoms with Crippen molar-refractivity contribution >= 4 is 27.0 Å². The van der Waals surface area contributed by atoms with Crippen molar-refractivity contribution in [2.24, 2.45) is 0 Å².